The highest BCUT2D eigenvalue weighted by Gasteiger charge is 2.31. The summed E-state index contributed by atoms with van der Waals surface area (Å²) in [6, 6.07) is 5.79. The molecule has 2 aromatic carbocycles. The molecule has 1 aliphatic heterocycles. The third-order valence-electron chi connectivity index (χ3n) is 4.14. The number of halogens is 3. The molecule has 0 radical (unpaired) electrons. The van der Waals surface area contributed by atoms with E-state index in [1.807, 2.05) is 0 Å². The Morgan fingerprint density at radius 2 is 1.75 bits per heavy atom. The Labute approximate surface area is 157 Å². The zero-order chi connectivity index (χ0) is 20.4. The molecule has 28 heavy (non-hydrogen) atoms. The van der Waals surface area contributed by atoms with Crippen molar-refractivity contribution < 1.29 is 32.6 Å². The minimum absolute atomic E-state index is 0.0203. The summed E-state index contributed by atoms with van der Waals surface area (Å²) in [7, 11) is 1.33. The van der Waals surface area contributed by atoms with Gasteiger partial charge in [0.25, 0.3) is 11.8 Å². The van der Waals surface area contributed by atoms with Crippen LogP contribution in [0, 0.1) is 17.5 Å². The van der Waals surface area contributed by atoms with E-state index >= 15 is 0 Å². The summed E-state index contributed by atoms with van der Waals surface area (Å²) in [5.74, 6) is -5.29. The summed E-state index contributed by atoms with van der Waals surface area (Å²) in [5.41, 5.74) is 0.361. The topological polar surface area (TPSA) is 78.9 Å². The smallest absolute Gasteiger partial charge is 0.277 e. The van der Waals surface area contributed by atoms with Gasteiger partial charge in [0.15, 0.2) is 29.0 Å². The lowest BCUT2D eigenvalue weighted by atomic mass is 10.1. The van der Waals surface area contributed by atoms with E-state index in [0.717, 1.165) is 23.1 Å². The number of nitrogens with zero attached hydrogens (tertiary/aromatic N) is 1. The highest BCUT2D eigenvalue weighted by atomic mass is 19.1. The van der Waals surface area contributed by atoms with Gasteiger partial charge in [0, 0.05) is 30.4 Å². The molecule has 0 fully saturated rings. The van der Waals surface area contributed by atoms with Crippen molar-refractivity contribution in [2.24, 2.45) is 0 Å². The minimum atomic E-state index is -1.21. The number of imide groups is 1. The van der Waals surface area contributed by atoms with E-state index in [2.05, 4.69) is 5.32 Å². The number of ether oxygens (including phenoxy) is 1. The summed E-state index contributed by atoms with van der Waals surface area (Å²) in [5, 5.41) is 11.6. The van der Waals surface area contributed by atoms with Crippen molar-refractivity contribution in [3.05, 3.63) is 65.1 Å². The van der Waals surface area contributed by atoms with Crippen molar-refractivity contribution in [3.63, 3.8) is 0 Å². The fraction of sp³-hybridized carbons (Fsp3) is 0.158. The van der Waals surface area contributed by atoms with E-state index in [0.29, 0.717) is 5.56 Å². The normalized spacial score (nSPS) is 13.7. The van der Waals surface area contributed by atoms with Gasteiger partial charge < -0.3 is 15.2 Å². The number of hydrogen-bond donors (Lipinski definition) is 2. The summed E-state index contributed by atoms with van der Waals surface area (Å²) in [6.45, 7) is 0.0203. The number of anilines is 1. The Bertz CT molecular complexity index is 968. The number of carbonyl (C=O) groups excluding carboxylic acids is 2. The van der Waals surface area contributed by atoms with Crippen molar-refractivity contribution in [1.29, 1.82) is 0 Å². The molecule has 2 N–H and O–H groups in total. The van der Waals surface area contributed by atoms with Crippen molar-refractivity contribution in [2.75, 3.05) is 19.0 Å². The summed E-state index contributed by atoms with van der Waals surface area (Å²) >= 11 is 0. The maximum Gasteiger partial charge on any atom is 0.277 e. The molecule has 0 atom stereocenters. The molecule has 9 heteroatoms. The maximum absolute atomic E-state index is 13.4. The molecule has 2 amide bonds. The van der Waals surface area contributed by atoms with Crippen LogP contribution in [0.3, 0.4) is 0 Å². The van der Waals surface area contributed by atoms with Crippen LogP contribution in [0.15, 0.2) is 42.1 Å². The van der Waals surface area contributed by atoms with Crippen molar-refractivity contribution in [3.8, 4) is 11.5 Å². The largest absolute Gasteiger partial charge is 0.503 e. The van der Waals surface area contributed by atoms with E-state index in [4.69, 9.17) is 9.84 Å². The van der Waals surface area contributed by atoms with Crippen molar-refractivity contribution in [1.82, 2.24) is 4.90 Å². The van der Waals surface area contributed by atoms with Gasteiger partial charge >= 0.3 is 0 Å². The van der Waals surface area contributed by atoms with E-state index in [-0.39, 0.29) is 30.1 Å². The number of rotatable bonds is 6. The standard InChI is InChI=1S/C19H15F3N2O4/c1-28-16-6-10(2-3-12(16)20)4-5-24-17(25)9-15(19(24)27)23-11-7-13(21)18(26)14(22)8-11/h2-3,6-9,23,26H,4-5H2,1H3. The van der Waals surface area contributed by atoms with Gasteiger partial charge in [-0.25, -0.2) is 13.2 Å². The Morgan fingerprint density at radius 1 is 1.07 bits per heavy atom. The maximum atomic E-state index is 13.4. The SMILES string of the molecule is COc1cc(CCN2C(=O)C=C(Nc3cc(F)c(O)c(F)c3)C2=O)ccc1F. The molecule has 0 aliphatic carbocycles. The number of nitrogens with one attached hydrogen (secondary N) is 1. The van der Waals surface area contributed by atoms with Gasteiger partial charge in [-0.15, -0.1) is 0 Å². The van der Waals surface area contributed by atoms with Crippen LogP contribution < -0.4 is 10.1 Å². The monoisotopic (exact) mass is 392 g/mol. The first-order valence-electron chi connectivity index (χ1n) is 8.15. The lowest BCUT2D eigenvalue weighted by Gasteiger charge is -2.15. The molecule has 1 heterocycles. The number of phenols is 1. The Hall–Kier alpha value is -3.49. The molecule has 1 aliphatic rings. The average molecular weight is 392 g/mol. The van der Waals surface area contributed by atoms with Gasteiger partial charge in [0.1, 0.15) is 5.70 Å². The zero-order valence-corrected chi connectivity index (χ0v) is 14.6. The van der Waals surface area contributed by atoms with Crippen LogP contribution in [-0.4, -0.2) is 35.5 Å². The van der Waals surface area contributed by atoms with Gasteiger partial charge in [-0.2, -0.15) is 0 Å². The lowest BCUT2D eigenvalue weighted by Crippen LogP contribution is -2.33. The fourth-order valence-electron chi connectivity index (χ4n) is 2.70. The quantitative estimate of drug-likeness (QED) is 0.584. The Balaban J connectivity index is 1.68. The van der Waals surface area contributed by atoms with E-state index in [9.17, 15) is 22.8 Å². The number of aromatic hydroxyl groups is 1. The molecule has 146 valence electrons. The van der Waals surface area contributed by atoms with Gasteiger partial charge in [0.2, 0.25) is 0 Å². The molecule has 0 saturated heterocycles. The first kappa shape index (κ1) is 19.3. The molecular formula is C19H15F3N2O4. The minimum Gasteiger partial charge on any atom is -0.503 e. The van der Waals surface area contributed by atoms with Crippen molar-refractivity contribution in [2.45, 2.75) is 6.42 Å². The number of methoxy groups -OCH3 is 1. The van der Waals surface area contributed by atoms with Crippen LogP contribution in [0.2, 0.25) is 0 Å². The summed E-state index contributed by atoms with van der Waals surface area (Å²) in [4.78, 5) is 25.4. The molecule has 0 bridgehead atoms. The van der Waals surface area contributed by atoms with Gasteiger partial charge in [-0.3, -0.25) is 14.5 Å². The Kier molecular flexibility index (Phi) is 5.25. The van der Waals surface area contributed by atoms with Crippen LogP contribution in [0.1, 0.15) is 5.56 Å². The van der Waals surface area contributed by atoms with E-state index < -0.39 is 35.0 Å². The van der Waals surface area contributed by atoms with Crippen LogP contribution >= 0.6 is 0 Å². The molecule has 2 aromatic rings. The molecule has 0 unspecified atom stereocenters. The second kappa shape index (κ2) is 7.63. The third-order valence-corrected chi connectivity index (χ3v) is 4.14. The third kappa shape index (κ3) is 3.78. The lowest BCUT2D eigenvalue weighted by molar-refractivity contribution is -0.137. The fourth-order valence-corrected chi connectivity index (χ4v) is 2.70. The summed E-state index contributed by atoms with van der Waals surface area (Å²) < 4.78 is 45.2. The first-order valence-corrected chi connectivity index (χ1v) is 8.15. The second-order valence-corrected chi connectivity index (χ2v) is 5.99. The zero-order valence-electron chi connectivity index (χ0n) is 14.6. The molecule has 3 rings (SSSR count). The van der Waals surface area contributed by atoms with Gasteiger partial charge in [-0.1, -0.05) is 6.07 Å². The number of hydrogen-bond acceptors (Lipinski definition) is 5. The Morgan fingerprint density at radius 3 is 2.39 bits per heavy atom. The average Bonchev–Trinajstić information content (AvgIpc) is 2.92. The molecule has 6 nitrogen and oxygen atoms in total. The highest BCUT2D eigenvalue weighted by Crippen LogP contribution is 2.26. The van der Waals surface area contributed by atoms with E-state index in [1.165, 1.54) is 25.3 Å². The first-order chi connectivity index (χ1) is 13.3. The molecule has 0 aromatic heterocycles. The number of carbonyl (C=O) groups is 2. The van der Waals surface area contributed by atoms with Crippen LogP contribution in [0.25, 0.3) is 0 Å². The van der Waals surface area contributed by atoms with Gasteiger partial charge in [-0.05, 0) is 24.1 Å². The molecule has 0 saturated carbocycles. The predicted molar refractivity (Wildman–Crippen MR) is 93.1 cm³/mol. The van der Waals surface area contributed by atoms with Gasteiger partial charge in [0.05, 0.1) is 7.11 Å². The predicted octanol–water partition coefficient (Wildman–Crippen LogP) is 2.73. The number of phenolic OH excluding ortho intramolecular Hbond substituents is 1. The number of amides is 2. The highest BCUT2D eigenvalue weighted by molar-refractivity contribution is 6.17. The van der Waals surface area contributed by atoms with Crippen molar-refractivity contribution >= 4 is 17.5 Å². The second-order valence-electron chi connectivity index (χ2n) is 5.99. The summed E-state index contributed by atoms with van der Waals surface area (Å²) in [6.07, 6.45) is 1.27. The van der Waals surface area contributed by atoms with E-state index in [1.54, 1.807) is 0 Å². The number of benzene rings is 2. The van der Waals surface area contributed by atoms with Crippen LogP contribution in [0.5, 0.6) is 11.5 Å². The van der Waals surface area contributed by atoms with Crippen LogP contribution in [-0.2, 0) is 16.0 Å². The molecule has 0 spiro atoms. The van der Waals surface area contributed by atoms with Crippen LogP contribution in [0.4, 0.5) is 18.9 Å². The molecular weight excluding hydrogens is 377 g/mol.